The number of carbonyl (C=O) groups is 1. The molecule has 3 heteroatoms. The summed E-state index contributed by atoms with van der Waals surface area (Å²) in [6.07, 6.45) is 1.16. The van der Waals surface area contributed by atoms with Gasteiger partial charge in [-0.05, 0) is 30.9 Å². The van der Waals surface area contributed by atoms with E-state index in [1.807, 2.05) is 32.0 Å². The lowest BCUT2D eigenvalue weighted by atomic mass is 9.95. The number of aryl methyl sites for hydroxylation is 1. The van der Waals surface area contributed by atoms with Gasteiger partial charge in [-0.15, -0.1) is 0 Å². The molecular weight excluding hydrogens is 204 g/mol. The Bertz CT molecular complexity index is 371. The van der Waals surface area contributed by atoms with Gasteiger partial charge in [-0.3, -0.25) is 4.79 Å². The molecule has 0 spiro atoms. The molecule has 0 aliphatic carbocycles. The molecule has 0 aromatic heterocycles. The smallest absolute Gasteiger partial charge is 0.306 e. The van der Waals surface area contributed by atoms with Crippen LogP contribution in [0.5, 0.6) is 5.75 Å². The van der Waals surface area contributed by atoms with Crippen LogP contribution in [0.25, 0.3) is 0 Å². The van der Waals surface area contributed by atoms with E-state index >= 15 is 0 Å². The van der Waals surface area contributed by atoms with Crippen molar-refractivity contribution in [3.05, 3.63) is 29.3 Å². The van der Waals surface area contributed by atoms with Gasteiger partial charge in [-0.1, -0.05) is 25.1 Å². The summed E-state index contributed by atoms with van der Waals surface area (Å²) in [5.41, 5.74) is 2.01. The third kappa shape index (κ3) is 2.75. The van der Waals surface area contributed by atoms with Crippen molar-refractivity contribution < 1.29 is 14.6 Å². The number of hydrogen-bond donors (Lipinski definition) is 1. The molecule has 0 saturated heterocycles. The predicted molar refractivity (Wildman–Crippen MR) is 62.9 cm³/mol. The highest BCUT2D eigenvalue weighted by Crippen LogP contribution is 2.26. The molecule has 1 aromatic rings. The van der Waals surface area contributed by atoms with Crippen LogP contribution in [0.15, 0.2) is 18.2 Å². The van der Waals surface area contributed by atoms with E-state index in [1.54, 1.807) is 7.11 Å². The zero-order valence-electron chi connectivity index (χ0n) is 9.99. The number of carboxylic acid groups (broad SMARTS) is 1. The van der Waals surface area contributed by atoms with Crippen molar-refractivity contribution in [2.75, 3.05) is 7.11 Å². The van der Waals surface area contributed by atoms with Crippen LogP contribution in [0, 0.1) is 12.8 Å². The van der Waals surface area contributed by atoms with Crippen LogP contribution in [0.1, 0.15) is 24.5 Å². The summed E-state index contributed by atoms with van der Waals surface area (Å²) in [5.74, 6) is -0.274. The second-order valence-electron chi connectivity index (χ2n) is 3.91. The lowest BCUT2D eigenvalue weighted by molar-refractivity contribution is -0.141. The minimum absolute atomic E-state index is 0.337. The van der Waals surface area contributed by atoms with Gasteiger partial charge in [-0.25, -0.2) is 0 Å². The van der Waals surface area contributed by atoms with E-state index in [0.29, 0.717) is 12.8 Å². The lowest BCUT2D eigenvalue weighted by Gasteiger charge is -2.14. The van der Waals surface area contributed by atoms with Crippen molar-refractivity contribution in [1.29, 1.82) is 0 Å². The summed E-state index contributed by atoms with van der Waals surface area (Å²) < 4.78 is 5.31. The van der Waals surface area contributed by atoms with Crippen LogP contribution < -0.4 is 4.74 Å². The molecule has 0 amide bonds. The fourth-order valence-electron chi connectivity index (χ4n) is 1.84. The van der Waals surface area contributed by atoms with Gasteiger partial charge in [0.1, 0.15) is 5.75 Å². The highest BCUT2D eigenvalue weighted by atomic mass is 16.5. The molecule has 0 aliphatic heterocycles. The van der Waals surface area contributed by atoms with Crippen molar-refractivity contribution >= 4 is 5.97 Å². The number of benzene rings is 1. The third-order valence-electron chi connectivity index (χ3n) is 2.81. The normalized spacial score (nSPS) is 12.2. The SMILES string of the molecule is CCC(Cc1cccc(C)c1OC)C(=O)O. The van der Waals surface area contributed by atoms with Gasteiger partial charge in [0.05, 0.1) is 13.0 Å². The molecule has 3 nitrogen and oxygen atoms in total. The fourth-order valence-corrected chi connectivity index (χ4v) is 1.84. The van der Waals surface area contributed by atoms with Crippen molar-refractivity contribution in [3.63, 3.8) is 0 Å². The Balaban J connectivity index is 2.95. The summed E-state index contributed by atoms with van der Waals surface area (Å²) >= 11 is 0. The minimum atomic E-state index is -0.744. The highest BCUT2D eigenvalue weighted by Gasteiger charge is 2.18. The number of ether oxygens (including phenoxy) is 1. The molecule has 1 N–H and O–H groups in total. The Morgan fingerprint density at radius 1 is 1.50 bits per heavy atom. The molecule has 0 aliphatic rings. The maximum Gasteiger partial charge on any atom is 0.306 e. The molecule has 1 unspecified atom stereocenters. The first-order valence-electron chi connectivity index (χ1n) is 5.45. The number of carboxylic acids is 1. The van der Waals surface area contributed by atoms with Gasteiger partial charge in [0.15, 0.2) is 0 Å². The fraction of sp³-hybridized carbons (Fsp3) is 0.462. The van der Waals surface area contributed by atoms with Gasteiger partial charge >= 0.3 is 5.97 Å². The van der Waals surface area contributed by atoms with Crippen molar-refractivity contribution in [2.24, 2.45) is 5.92 Å². The first-order chi connectivity index (χ1) is 7.60. The van der Waals surface area contributed by atoms with Crippen LogP contribution in [0.2, 0.25) is 0 Å². The molecule has 88 valence electrons. The number of hydrogen-bond acceptors (Lipinski definition) is 2. The van der Waals surface area contributed by atoms with Gasteiger partial charge in [0, 0.05) is 0 Å². The molecule has 1 aromatic carbocycles. The summed E-state index contributed by atoms with van der Waals surface area (Å²) in [4.78, 5) is 11.0. The van der Waals surface area contributed by atoms with E-state index < -0.39 is 5.97 Å². The average Bonchev–Trinajstić information content (AvgIpc) is 2.25. The molecule has 1 atom stereocenters. The largest absolute Gasteiger partial charge is 0.496 e. The van der Waals surface area contributed by atoms with Gasteiger partial charge in [-0.2, -0.15) is 0 Å². The quantitative estimate of drug-likeness (QED) is 0.833. The molecule has 0 radical (unpaired) electrons. The molecular formula is C13H18O3. The van der Waals surface area contributed by atoms with Gasteiger partial charge in [0.25, 0.3) is 0 Å². The standard InChI is InChI=1S/C13H18O3/c1-4-10(13(14)15)8-11-7-5-6-9(2)12(11)16-3/h5-7,10H,4,8H2,1-3H3,(H,14,15). The van der Waals surface area contributed by atoms with E-state index in [9.17, 15) is 4.79 Å². The van der Waals surface area contributed by atoms with E-state index in [1.165, 1.54) is 0 Å². The zero-order chi connectivity index (χ0) is 12.1. The number of aliphatic carboxylic acids is 1. The maximum absolute atomic E-state index is 11.0. The third-order valence-corrected chi connectivity index (χ3v) is 2.81. The van der Waals surface area contributed by atoms with E-state index in [4.69, 9.17) is 9.84 Å². The van der Waals surface area contributed by atoms with E-state index in [-0.39, 0.29) is 5.92 Å². The molecule has 0 saturated carbocycles. The van der Waals surface area contributed by atoms with Gasteiger partial charge in [0.2, 0.25) is 0 Å². The van der Waals surface area contributed by atoms with Crippen molar-refractivity contribution in [2.45, 2.75) is 26.7 Å². The Morgan fingerprint density at radius 2 is 2.19 bits per heavy atom. The summed E-state index contributed by atoms with van der Waals surface area (Å²) in [6, 6.07) is 5.82. The Morgan fingerprint density at radius 3 is 2.69 bits per heavy atom. The molecule has 1 rings (SSSR count). The van der Waals surface area contributed by atoms with Crippen LogP contribution in [-0.2, 0) is 11.2 Å². The highest BCUT2D eigenvalue weighted by molar-refractivity contribution is 5.70. The van der Waals surface area contributed by atoms with Crippen molar-refractivity contribution in [3.8, 4) is 5.75 Å². The lowest BCUT2D eigenvalue weighted by Crippen LogP contribution is -2.15. The zero-order valence-corrected chi connectivity index (χ0v) is 9.99. The number of methoxy groups -OCH3 is 1. The number of para-hydroxylation sites is 1. The minimum Gasteiger partial charge on any atom is -0.496 e. The van der Waals surface area contributed by atoms with Crippen LogP contribution in [-0.4, -0.2) is 18.2 Å². The Kier molecular flexibility index (Phi) is 4.35. The second kappa shape index (κ2) is 5.54. The van der Waals surface area contributed by atoms with Crippen LogP contribution in [0.4, 0.5) is 0 Å². The van der Waals surface area contributed by atoms with Crippen molar-refractivity contribution in [1.82, 2.24) is 0 Å². The maximum atomic E-state index is 11.0. The monoisotopic (exact) mass is 222 g/mol. The Labute approximate surface area is 96.1 Å². The molecule has 16 heavy (non-hydrogen) atoms. The molecule has 0 fully saturated rings. The summed E-state index contributed by atoms with van der Waals surface area (Å²) in [6.45, 7) is 3.85. The summed E-state index contributed by atoms with van der Waals surface area (Å²) in [7, 11) is 1.62. The first kappa shape index (κ1) is 12.6. The van der Waals surface area contributed by atoms with E-state index in [2.05, 4.69) is 0 Å². The Hall–Kier alpha value is -1.51. The topological polar surface area (TPSA) is 46.5 Å². The van der Waals surface area contributed by atoms with Gasteiger partial charge < -0.3 is 9.84 Å². The average molecular weight is 222 g/mol. The van der Waals surface area contributed by atoms with E-state index in [0.717, 1.165) is 16.9 Å². The van der Waals surface area contributed by atoms with Crippen LogP contribution in [0.3, 0.4) is 0 Å². The summed E-state index contributed by atoms with van der Waals surface area (Å²) in [5, 5.41) is 9.03. The predicted octanol–water partition coefficient (Wildman–Crippen LogP) is 2.66. The van der Waals surface area contributed by atoms with Crippen LogP contribution >= 0.6 is 0 Å². The molecule has 0 heterocycles. The number of rotatable bonds is 5. The first-order valence-corrected chi connectivity index (χ1v) is 5.45. The second-order valence-corrected chi connectivity index (χ2v) is 3.91. The molecule has 0 bridgehead atoms.